The number of carbonyl (C=O) groups excluding carboxylic acids is 2. The van der Waals surface area contributed by atoms with Crippen molar-refractivity contribution < 1.29 is 18.7 Å². The highest BCUT2D eigenvalue weighted by atomic mass is 32.2. The SMILES string of the molecule is COc1ccccc1C(=O)NCc1nnc(SCC(=O)Nc2nc3ccccc3s2)n1-c1ccc(F)cc1. The molecule has 38 heavy (non-hydrogen) atoms. The monoisotopic (exact) mass is 548 g/mol. The van der Waals surface area contributed by atoms with Crippen LogP contribution in [0.25, 0.3) is 15.9 Å². The lowest BCUT2D eigenvalue weighted by Crippen LogP contribution is -2.25. The maximum atomic E-state index is 13.6. The van der Waals surface area contributed by atoms with E-state index in [1.165, 1.54) is 42.3 Å². The van der Waals surface area contributed by atoms with Crippen molar-refractivity contribution >= 4 is 50.3 Å². The molecule has 5 rings (SSSR count). The van der Waals surface area contributed by atoms with Crippen LogP contribution in [-0.2, 0) is 11.3 Å². The third kappa shape index (κ3) is 5.66. The van der Waals surface area contributed by atoms with Gasteiger partial charge >= 0.3 is 0 Å². The van der Waals surface area contributed by atoms with Crippen molar-refractivity contribution in [3.05, 3.63) is 90.0 Å². The van der Waals surface area contributed by atoms with Gasteiger partial charge in [0.1, 0.15) is 11.6 Å². The minimum Gasteiger partial charge on any atom is -0.496 e. The van der Waals surface area contributed by atoms with Crippen LogP contribution >= 0.6 is 23.1 Å². The summed E-state index contributed by atoms with van der Waals surface area (Å²) in [5, 5.41) is 15.0. The van der Waals surface area contributed by atoms with Crippen molar-refractivity contribution in [1.29, 1.82) is 0 Å². The standard InChI is InChI=1S/C26H21FN6O3S2/c1-36-20-8-4-2-6-18(20)24(35)28-14-22-31-32-26(33(22)17-12-10-16(27)11-13-17)37-15-23(34)30-25-29-19-7-3-5-9-21(19)38-25/h2-13H,14-15H2,1H3,(H,28,35)(H,29,30,34). The molecule has 0 saturated heterocycles. The Labute approximate surface area is 225 Å². The number of hydrogen-bond acceptors (Lipinski definition) is 8. The summed E-state index contributed by atoms with van der Waals surface area (Å²) in [6, 6.07) is 20.3. The number of benzene rings is 3. The number of fused-ring (bicyclic) bond motifs is 1. The summed E-state index contributed by atoms with van der Waals surface area (Å²) in [5.41, 5.74) is 1.78. The van der Waals surface area contributed by atoms with Crippen molar-refractivity contribution in [2.24, 2.45) is 0 Å². The molecule has 2 heterocycles. The molecular formula is C26H21FN6O3S2. The number of halogens is 1. The predicted octanol–water partition coefficient (Wildman–Crippen LogP) is 4.69. The summed E-state index contributed by atoms with van der Waals surface area (Å²) in [7, 11) is 1.49. The fraction of sp³-hybridized carbons (Fsp3) is 0.115. The zero-order valence-corrected chi connectivity index (χ0v) is 21.7. The highest BCUT2D eigenvalue weighted by Gasteiger charge is 2.19. The van der Waals surface area contributed by atoms with E-state index in [0.717, 1.165) is 10.2 Å². The van der Waals surface area contributed by atoms with E-state index in [9.17, 15) is 14.0 Å². The van der Waals surface area contributed by atoms with Crippen molar-refractivity contribution in [2.75, 3.05) is 18.2 Å². The second-order valence-electron chi connectivity index (χ2n) is 7.92. The number of rotatable bonds is 9. The van der Waals surface area contributed by atoms with Gasteiger partial charge in [-0.05, 0) is 48.5 Å². The first-order chi connectivity index (χ1) is 18.5. The van der Waals surface area contributed by atoms with Gasteiger partial charge in [-0.1, -0.05) is 47.4 Å². The van der Waals surface area contributed by atoms with Gasteiger partial charge in [0.15, 0.2) is 16.1 Å². The Balaban J connectivity index is 1.32. The van der Waals surface area contributed by atoms with Gasteiger partial charge in [0.2, 0.25) is 5.91 Å². The maximum Gasteiger partial charge on any atom is 0.255 e. The van der Waals surface area contributed by atoms with Gasteiger partial charge in [0.05, 0.1) is 35.2 Å². The van der Waals surface area contributed by atoms with Gasteiger partial charge in [-0.25, -0.2) is 9.37 Å². The molecule has 2 N–H and O–H groups in total. The molecule has 0 radical (unpaired) electrons. The Morgan fingerprint density at radius 2 is 1.79 bits per heavy atom. The third-order valence-electron chi connectivity index (χ3n) is 5.42. The van der Waals surface area contributed by atoms with E-state index in [1.807, 2.05) is 24.3 Å². The van der Waals surface area contributed by atoms with E-state index in [0.29, 0.717) is 33.1 Å². The Morgan fingerprint density at radius 1 is 1.03 bits per heavy atom. The molecule has 0 spiro atoms. The number of methoxy groups -OCH3 is 1. The fourth-order valence-corrected chi connectivity index (χ4v) is 5.31. The van der Waals surface area contributed by atoms with Crippen LogP contribution in [0.5, 0.6) is 5.75 Å². The Kier molecular flexibility index (Phi) is 7.61. The van der Waals surface area contributed by atoms with Gasteiger partial charge in [-0.15, -0.1) is 10.2 Å². The van der Waals surface area contributed by atoms with Crippen molar-refractivity contribution in [1.82, 2.24) is 25.1 Å². The van der Waals surface area contributed by atoms with Crippen molar-refractivity contribution in [3.8, 4) is 11.4 Å². The number of carbonyl (C=O) groups is 2. The lowest BCUT2D eigenvalue weighted by Gasteiger charge is -2.12. The Morgan fingerprint density at radius 3 is 2.58 bits per heavy atom. The number of ether oxygens (including phenoxy) is 1. The first-order valence-electron chi connectivity index (χ1n) is 11.4. The molecule has 2 amide bonds. The average Bonchev–Trinajstić information content (AvgIpc) is 3.54. The van der Waals surface area contributed by atoms with E-state index in [4.69, 9.17) is 4.74 Å². The van der Waals surface area contributed by atoms with E-state index in [2.05, 4.69) is 25.8 Å². The molecule has 9 nitrogen and oxygen atoms in total. The van der Waals surface area contributed by atoms with Gasteiger partial charge in [0, 0.05) is 5.69 Å². The molecule has 5 aromatic rings. The number of thiazole rings is 1. The number of aromatic nitrogens is 4. The minimum atomic E-state index is -0.391. The number of para-hydroxylation sites is 2. The third-order valence-corrected chi connectivity index (χ3v) is 7.30. The van der Waals surface area contributed by atoms with Crippen LogP contribution < -0.4 is 15.4 Å². The average molecular weight is 549 g/mol. The lowest BCUT2D eigenvalue weighted by atomic mass is 10.2. The van der Waals surface area contributed by atoms with Crippen molar-refractivity contribution in [3.63, 3.8) is 0 Å². The number of hydrogen-bond donors (Lipinski definition) is 2. The molecule has 0 aliphatic carbocycles. The highest BCUT2D eigenvalue weighted by Crippen LogP contribution is 2.27. The summed E-state index contributed by atoms with van der Waals surface area (Å²) in [6.07, 6.45) is 0. The van der Waals surface area contributed by atoms with Gasteiger partial charge in [-0.3, -0.25) is 14.2 Å². The number of thioether (sulfide) groups is 1. The molecule has 0 bridgehead atoms. The van der Waals surface area contributed by atoms with Crippen LogP contribution in [-0.4, -0.2) is 44.4 Å². The van der Waals surface area contributed by atoms with Crippen LogP contribution in [0.3, 0.4) is 0 Å². The largest absolute Gasteiger partial charge is 0.496 e. The molecule has 0 saturated carbocycles. The molecular weight excluding hydrogens is 527 g/mol. The smallest absolute Gasteiger partial charge is 0.255 e. The summed E-state index contributed by atoms with van der Waals surface area (Å²) in [6.45, 7) is 0.0414. The van der Waals surface area contributed by atoms with Gasteiger partial charge in [-0.2, -0.15) is 0 Å². The van der Waals surface area contributed by atoms with Crippen LogP contribution in [0, 0.1) is 5.82 Å². The van der Waals surface area contributed by atoms with Gasteiger partial charge < -0.3 is 15.4 Å². The summed E-state index contributed by atoms with van der Waals surface area (Å²) in [5.74, 6) is -0.0936. The predicted molar refractivity (Wildman–Crippen MR) is 144 cm³/mol. The molecule has 0 aliphatic rings. The molecule has 192 valence electrons. The molecule has 0 aliphatic heterocycles. The van der Waals surface area contributed by atoms with E-state index in [1.54, 1.807) is 41.0 Å². The molecule has 0 unspecified atom stereocenters. The van der Waals surface area contributed by atoms with Crippen LogP contribution in [0.15, 0.2) is 78.0 Å². The molecule has 0 atom stereocenters. The van der Waals surface area contributed by atoms with Crippen LogP contribution in [0.4, 0.5) is 9.52 Å². The fourth-order valence-electron chi connectivity index (χ4n) is 3.66. The normalized spacial score (nSPS) is 10.9. The van der Waals surface area contributed by atoms with Crippen molar-refractivity contribution in [2.45, 2.75) is 11.7 Å². The van der Waals surface area contributed by atoms with E-state index in [-0.39, 0.29) is 24.1 Å². The quantitative estimate of drug-likeness (QED) is 0.257. The first kappa shape index (κ1) is 25.4. The minimum absolute atomic E-state index is 0.0414. The zero-order chi connectivity index (χ0) is 26.5. The second-order valence-corrected chi connectivity index (χ2v) is 9.89. The van der Waals surface area contributed by atoms with E-state index < -0.39 is 5.82 Å². The number of anilines is 1. The lowest BCUT2D eigenvalue weighted by molar-refractivity contribution is -0.113. The topological polar surface area (TPSA) is 111 Å². The Bertz CT molecular complexity index is 1570. The van der Waals surface area contributed by atoms with E-state index >= 15 is 0 Å². The number of nitrogens with one attached hydrogen (secondary N) is 2. The van der Waals surface area contributed by atoms with Crippen LogP contribution in [0.2, 0.25) is 0 Å². The summed E-state index contributed by atoms with van der Waals surface area (Å²) >= 11 is 2.56. The zero-order valence-electron chi connectivity index (χ0n) is 20.1. The maximum absolute atomic E-state index is 13.6. The summed E-state index contributed by atoms with van der Waals surface area (Å²) < 4.78 is 21.5. The van der Waals surface area contributed by atoms with Crippen LogP contribution in [0.1, 0.15) is 16.2 Å². The summed E-state index contributed by atoms with van der Waals surface area (Å²) in [4.78, 5) is 29.9. The molecule has 3 aromatic carbocycles. The van der Waals surface area contributed by atoms with Gasteiger partial charge in [0.25, 0.3) is 5.91 Å². The highest BCUT2D eigenvalue weighted by molar-refractivity contribution is 7.99. The molecule has 12 heteroatoms. The number of nitrogens with zero attached hydrogens (tertiary/aromatic N) is 4. The number of amides is 2. The Hall–Kier alpha value is -4.29. The molecule has 2 aromatic heterocycles. The second kappa shape index (κ2) is 11.4. The first-order valence-corrected chi connectivity index (χ1v) is 13.2. The molecule has 0 fully saturated rings.